The van der Waals surface area contributed by atoms with Gasteiger partial charge < -0.3 is 4.74 Å². The third kappa shape index (κ3) is 3.92. The van der Waals surface area contributed by atoms with E-state index in [4.69, 9.17) is 4.74 Å². The molecule has 3 rings (SSSR count). The Morgan fingerprint density at radius 2 is 1.48 bits per heavy atom. The molecule has 0 saturated heterocycles. The van der Waals surface area contributed by atoms with Gasteiger partial charge in [0.2, 0.25) is 0 Å². The Hall–Kier alpha value is -3.41. The molecule has 0 atom stereocenters. The van der Waals surface area contributed by atoms with Crippen LogP contribution in [0.15, 0.2) is 48.5 Å². The van der Waals surface area contributed by atoms with E-state index in [2.05, 4.69) is 4.98 Å². The van der Waals surface area contributed by atoms with Gasteiger partial charge in [0.1, 0.15) is 11.6 Å². The topological polar surface area (TPSA) is 56.3 Å². The number of rotatable bonds is 5. The number of benzene rings is 2. The maximum atomic E-state index is 13.5. The first-order chi connectivity index (χ1) is 13.9. The van der Waals surface area contributed by atoms with Crippen molar-refractivity contribution in [1.29, 1.82) is 0 Å². The number of hydrogen-bond acceptors (Lipinski definition) is 4. The molecule has 0 spiro atoms. The van der Waals surface area contributed by atoms with Crippen molar-refractivity contribution in [1.82, 2.24) is 4.98 Å². The number of nitrogens with zero attached hydrogens (tertiary/aromatic N) is 1. The fourth-order valence-corrected chi connectivity index (χ4v) is 3.21. The molecule has 1 aromatic heterocycles. The predicted octanol–water partition coefficient (Wildman–Crippen LogP) is 5.42. The number of carbonyl (C=O) groups is 2. The van der Waals surface area contributed by atoms with E-state index < -0.39 is 17.6 Å². The molecule has 0 fully saturated rings. The number of methoxy groups -OCH3 is 1. The number of esters is 1. The van der Waals surface area contributed by atoms with E-state index in [1.165, 1.54) is 55.6 Å². The lowest BCUT2D eigenvalue weighted by Gasteiger charge is -2.20. The van der Waals surface area contributed by atoms with Crippen LogP contribution in [0, 0.1) is 11.6 Å². The minimum absolute atomic E-state index is 0.0669. The van der Waals surface area contributed by atoms with Crippen LogP contribution >= 0.6 is 0 Å². The molecular formula is C23H19F2NO3. The van der Waals surface area contributed by atoms with Gasteiger partial charge in [-0.25, -0.2) is 13.6 Å². The molecule has 0 N–H and O–H groups in total. The van der Waals surface area contributed by atoms with Crippen molar-refractivity contribution in [3.8, 4) is 22.4 Å². The summed E-state index contributed by atoms with van der Waals surface area (Å²) in [5, 5.41) is 0. The fraction of sp³-hybridized carbons (Fsp3) is 0.174. The molecule has 0 aliphatic carbocycles. The Balaban J connectivity index is 2.48. The van der Waals surface area contributed by atoms with Crippen LogP contribution in [0.5, 0.6) is 0 Å². The van der Waals surface area contributed by atoms with Crippen molar-refractivity contribution in [2.75, 3.05) is 7.11 Å². The summed E-state index contributed by atoms with van der Waals surface area (Å²) in [6.07, 6.45) is 0.641. The van der Waals surface area contributed by atoms with Gasteiger partial charge in [-0.15, -0.1) is 0 Å². The molecule has 4 nitrogen and oxygen atoms in total. The Kier molecular flexibility index (Phi) is 5.82. The van der Waals surface area contributed by atoms with E-state index in [1.807, 2.05) is 13.8 Å². The van der Waals surface area contributed by atoms with E-state index in [1.54, 1.807) is 0 Å². The molecule has 29 heavy (non-hydrogen) atoms. The van der Waals surface area contributed by atoms with E-state index in [9.17, 15) is 18.4 Å². The fourth-order valence-electron chi connectivity index (χ4n) is 3.21. The average Bonchev–Trinajstić information content (AvgIpc) is 2.72. The van der Waals surface area contributed by atoms with Gasteiger partial charge in [-0.3, -0.25) is 9.78 Å². The van der Waals surface area contributed by atoms with Crippen molar-refractivity contribution in [2.24, 2.45) is 0 Å². The first-order valence-electron chi connectivity index (χ1n) is 9.00. The number of aromatic nitrogens is 1. The SMILES string of the molecule is COC(=O)c1c(-c2ccc(F)cc2)nc(C(C)C)c(C=O)c1-c1ccc(F)cc1. The Morgan fingerprint density at radius 3 is 1.93 bits per heavy atom. The number of carbonyl (C=O) groups excluding carboxylic acids is 2. The smallest absolute Gasteiger partial charge is 0.340 e. The van der Waals surface area contributed by atoms with Crippen LogP contribution in [0.2, 0.25) is 0 Å². The molecule has 0 aliphatic rings. The van der Waals surface area contributed by atoms with Crippen molar-refractivity contribution in [3.63, 3.8) is 0 Å². The number of aldehydes is 1. The van der Waals surface area contributed by atoms with Gasteiger partial charge >= 0.3 is 5.97 Å². The summed E-state index contributed by atoms with van der Waals surface area (Å²) >= 11 is 0. The van der Waals surface area contributed by atoms with Gasteiger partial charge in [0.05, 0.1) is 24.1 Å². The molecule has 2 aromatic carbocycles. The van der Waals surface area contributed by atoms with E-state index in [-0.39, 0.29) is 22.7 Å². The zero-order chi connectivity index (χ0) is 21.1. The number of hydrogen-bond donors (Lipinski definition) is 0. The highest BCUT2D eigenvalue weighted by atomic mass is 19.1. The standard InChI is InChI=1S/C23H19F2NO3/c1-13(2)21-18(12-27)19(14-4-8-16(24)9-5-14)20(23(28)29-3)22(26-21)15-6-10-17(25)11-7-15/h4-13H,1-3H3. The monoisotopic (exact) mass is 395 g/mol. The third-order valence-electron chi connectivity index (χ3n) is 4.57. The Bertz CT molecular complexity index is 1060. The normalized spacial score (nSPS) is 10.8. The minimum Gasteiger partial charge on any atom is -0.465 e. The second-order valence-electron chi connectivity index (χ2n) is 6.79. The largest absolute Gasteiger partial charge is 0.465 e. The quantitative estimate of drug-likeness (QED) is 0.428. The van der Waals surface area contributed by atoms with E-state index in [0.29, 0.717) is 28.7 Å². The molecule has 1 heterocycles. The van der Waals surface area contributed by atoms with E-state index >= 15 is 0 Å². The Labute approximate surface area is 167 Å². The van der Waals surface area contributed by atoms with Crippen LogP contribution in [-0.2, 0) is 4.74 Å². The third-order valence-corrected chi connectivity index (χ3v) is 4.57. The van der Waals surface area contributed by atoms with Gasteiger partial charge in [0, 0.05) is 16.7 Å². The molecule has 0 aliphatic heterocycles. The molecule has 0 amide bonds. The van der Waals surface area contributed by atoms with Gasteiger partial charge in [-0.05, 0) is 47.9 Å². The van der Waals surface area contributed by atoms with Gasteiger partial charge in [0.15, 0.2) is 6.29 Å². The summed E-state index contributed by atoms with van der Waals surface area (Å²) in [4.78, 5) is 29.4. The highest BCUT2D eigenvalue weighted by Gasteiger charge is 2.27. The minimum atomic E-state index is -0.699. The van der Waals surface area contributed by atoms with Crippen LogP contribution < -0.4 is 0 Å². The number of halogens is 2. The van der Waals surface area contributed by atoms with Crippen LogP contribution in [0.1, 0.15) is 46.2 Å². The van der Waals surface area contributed by atoms with Crippen LogP contribution in [0.4, 0.5) is 8.78 Å². The maximum absolute atomic E-state index is 13.5. The number of ether oxygens (including phenoxy) is 1. The first kappa shape index (κ1) is 20.3. The van der Waals surface area contributed by atoms with Gasteiger partial charge in [-0.1, -0.05) is 26.0 Å². The Morgan fingerprint density at radius 1 is 0.966 bits per heavy atom. The molecule has 0 saturated carbocycles. The molecule has 0 unspecified atom stereocenters. The lowest BCUT2D eigenvalue weighted by molar-refractivity contribution is 0.0602. The summed E-state index contributed by atoms with van der Waals surface area (Å²) in [5.74, 6) is -1.71. The van der Waals surface area contributed by atoms with Crippen LogP contribution in [0.3, 0.4) is 0 Å². The second-order valence-corrected chi connectivity index (χ2v) is 6.79. The molecular weight excluding hydrogens is 376 g/mol. The summed E-state index contributed by atoms with van der Waals surface area (Å²) in [5.41, 5.74) is 2.33. The molecule has 6 heteroatoms. The van der Waals surface area contributed by atoms with Crippen LogP contribution in [-0.4, -0.2) is 24.3 Å². The van der Waals surface area contributed by atoms with Gasteiger partial charge in [-0.2, -0.15) is 0 Å². The second kappa shape index (κ2) is 8.31. The zero-order valence-electron chi connectivity index (χ0n) is 16.2. The van der Waals surface area contributed by atoms with Crippen molar-refractivity contribution < 1.29 is 23.1 Å². The van der Waals surface area contributed by atoms with E-state index in [0.717, 1.165) is 0 Å². The maximum Gasteiger partial charge on any atom is 0.340 e. The lowest BCUT2D eigenvalue weighted by atomic mass is 9.88. The van der Waals surface area contributed by atoms with Crippen LogP contribution in [0.25, 0.3) is 22.4 Å². The summed E-state index contributed by atoms with van der Waals surface area (Å²) < 4.78 is 31.9. The molecule has 148 valence electrons. The van der Waals surface area contributed by atoms with Gasteiger partial charge in [0.25, 0.3) is 0 Å². The summed E-state index contributed by atoms with van der Waals surface area (Å²) in [6, 6.07) is 11.0. The number of pyridine rings is 1. The predicted molar refractivity (Wildman–Crippen MR) is 106 cm³/mol. The highest BCUT2D eigenvalue weighted by Crippen LogP contribution is 2.37. The molecule has 0 bridgehead atoms. The summed E-state index contributed by atoms with van der Waals surface area (Å²) in [6.45, 7) is 3.74. The molecule has 0 radical (unpaired) electrons. The zero-order valence-corrected chi connectivity index (χ0v) is 16.2. The van der Waals surface area contributed by atoms with Crippen molar-refractivity contribution in [2.45, 2.75) is 19.8 Å². The molecule has 3 aromatic rings. The summed E-state index contributed by atoms with van der Waals surface area (Å²) in [7, 11) is 1.22. The highest BCUT2D eigenvalue weighted by molar-refractivity contribution is 6.07. The lowest BCUT2D eigenvalue weighted by Crippen LogP contribution is -2.14. The first-order valence-corrected chi connectivity index (χ1v) is 9.00. The van der Waals surface area contributed by atoms with Crippen molar-refractivity contribution in [3.05, 3.63) is 77.0 Å². The average molecular weight is 395 g/mol. The van der Waals surface area contributed by atoms with Crippen molar-refractivity contribution >= 4 is 12.3 Å².